The zero-order valence-corrected chi connectivity index (χ0v) is 7.77. The van der Waals surface area contributed by atoms with E-state index in [1.165, 1.54) is 20.9 Å². The van der Waals surface area contributed by atoms with E-state index in [9.17, 15) is 0 Å². The molecule has 1 radical (unpaired) electrons. The Labute approximate surface area is 80.4 Å². The van der Waals surface area contributed by atoms with Gasteiger partial charge in [0.25, 0.3) is 0 Å². The molecule has 2 aromatic carbocycles. The van der Waals surface area contributed by atoms with E-state index in [0.717, 1.165) is 0 Å². The monoisotopic (exact) mass is 183 g/mol. The summed E-state index contributed by atoms with van der Waals surface area (Å²) >= 11 is 1.68. The number of hydrogen-bond acceptors (Lipinski definition) is 1. The van der Waals surface area contributed by atoms with E-state index < -0.39 is 0 Å². The van der Waals surface area contributed by atoms with Crippen LogP contribution in [0.5, 0.6) is 0 Å². The van der Waals surface area contributed by atoms with Crippen LogP contribution in [0.4, 0.5) is 0 Å². The second-order valence-electron chi connectivity index (χ2n) is 3.10. The molecule has 0 atom stereocenters. The third kappa shape index (κ3) is 1.04. The Morgan fingerprint density at radius 3 is 2.54 bits per heavy atom. The predicted octanol–water partition coefficient (Wildman–Crippen LogP) is 3.85. The zero-order valence-electron chi connectivity index (χ0n) is 6.95. The van der Waals surface area contributed by atoms with Crippen molar-refractivity contribution < 1.29 is 0 Å². The maximum absolute atomic E-state index is 3.15. The zero-order chi connectivity index (χ0) is 8.67. The number of benzene rings is 2. The van der Waals surface area contributed by atoms with E-state index in [1.54, 1.807) is 11.3 Å². The Morgan fingerprint density at radius 2 is 1.69 bits per heavy atom. The largest absolute Gasteiger partial charge is 0.134 e. The molecule has 0 spiro atoms. The molecule has 0 saturated carbocycles. The van der Waals surface area contributed by atoms with Gasteiger partial charge in [-0.15, -0.1) is 11.3 Å². The second kappa shape index (κ2) is 2.57. The van der Waals surface area contributed by atoms with E-state index >= 15 is 0 Å². The van der Waals surface area contributed by atoms with E-state index in [4.69, 9.17) is 0 Å². The van der Waals surface area contributed by atoms with Crippen molar-refractivity contribution in [1.29, 1.82) is 0 Å². The summed E-state index contributed by atoms with van der Waals surface area (Å²) in [5.74, 6) is 0. The molecule has 1 aromatic heterocycles. The first-order valence-corrected chi connectivity index (χ1v) is 5.03. The highest BCUT2D eigenvalue weighted by Gasteiger charge is 1.97. The van der Waals surface area contributed by atoms with E-state index in [1.807, 2.05) is 6.07 Å². The molecule has 0 aliphatic heterocycles. The van der Waals surface area contributed by atoms with Crippen molar-refractivity contribution in [3.8, 4) is 0 Å². The molecular weight excluding hydrogens is 176 g/mol. The van der Waals surface area contributed by atoms with Crippen molar-refractivity contribution in [2.45, 2.75) is 0 Å². The number of rotatable bonds is 0. The molecular formula is C12H7S. The second-order valence-corrected chi connectivity index (χ2v) is 3.98. The van der Waals surface area contributed by atoms with Gasteiger partial charge in [0.1, 0.15) is 0 Å². The summed E-state index contributed by atoms with van der Waals surface area (Å²) in [4.78, 5) is 0. The summed E-state index contributed by atoms with van der Waals surface area (Å²) in [6.45, 7) is 0. The number of hydrogen-bond donors (Lipinski definition) is 0. The van der Waals surface area contributed by atoms with Crippen LogP contribution >= 0.6 is 11.3 Å². The van der Waals surface area contributed by atoms with Crippen molar-refractivity contribution in [1.82, 2.24) is 0 Å². The van der Waals surface area contributed by atoms with Crippen LogP contribution in [0.25, 0.3) is 20.9 Å². The van der Waals surface area contributed by atoms with Gasteiger partial charge in [0.05, 0.1) is 0 Å². The third-order valence-corrected chi connectivity index (χ3v) is 3.07. The van der Waals surface area contributed by atoms with Crippen LogP contribution in [-0.4, -0.2) is 0 Å². The van der Waals surface area contributed by atoms with Crippen LogP contribution in [0.2, 0.25) is 0 Å². The molecule has 3 rings (SSSR count). The molecule has 0 nitrogen and oxygen atoms in total. The Kier molecular flexibility index (Phi) is 1.41. The Balaban J connectivity index is 2.57. The first kappa shape index (κ1) is 7.10. The minimum atomic E-state index is 1.30. The normalized spacial score (nSPS) is 11.1. The predicted molar refractivity (Wildman–Crippen MR) is 58.2 cm³/mol. The lowest BCUT2D eigenvalue weighted by atomic mass is 10.1. The van der Waals surface area contributed by atoms with Gasteiger partial charge in [0.2, 0.25) is 0 Å². The molecule has 1 heteroatoms. The van der Waals surface area contributed by atoms with Gasteiger partial charge in [0, 0.05) is 10.1 Å². The summed E-state index contributed by atoms with van der Waals surface area (Å²) in [6, 6.07) is 14.9. The van der Waals surface area contributed by atoms with Crippen molar-refractivity contribution in [2.75, 3.05) is 0 Å². The molecule has 0 fully saturated rings. The van der Waals surface area contributed by atoms with Gasteiger partial charge in [-0.2, -0.15) is 0 Å². The SMILES string of the molecule is [c]1cc2cc3ccccc3cc2s1. The fourth-order valence-electron chi connectivity index (χ4n) is 1.59. The van der Waals surface area contributed by atoms with Crippen LogP contribution in [0, 0.1) is 5.38 Å². The smallest absolute Gasteiger partial charge is 0.0455 e. The van der Waals surface area contributed by atoms with Gasteiger partial charge >= 0.3 is 0 Å². The van der Waals surface area contributed by atoms with Crippen LogP contribution in [-0.2, 0) is 0 Å². The lowest BCUT2D eigenvalue weighted by Gasteiger charge is -1.96. The average Bonchev–Trinajstić information content (AvgIpc) is 2.61. The Bertz CT molecular complexity index is 514. The van der Waals surface area contributed by atoms with Gasteiger partial charge in [-0.1, -0.05) is 24.3 Å². The van der Waals surface area contributed by atoms with Crippen molar-refractivity contribution in [3.05, 3.63) is 47.8 Å². The van der Waals surface area contributed by atoms with Crippen molar-refractivity contribution in [2.24, 2.45) is 0 Å². The fourth-order valence-corrected chi connectivity index (χ4v) is 2.33. The summed E-state index contributed by atoms with van der Waals surface area (Å²) in [5.41, 5.74) is 0. The van der Waals surface area contributed by atoms with Gasteiger partial charge in [-0.3, -0.25) is 0 Å². The first-order chi connectivity index (χ1) is 6.43. The van der Waals surface area contributed by atoms with Crippen molar-refractivity contribution in [3.63, 3.8) is 0 Å². The molecule has 0 amide bonds. The fraction of sp³-hybridized carbons (Fsp3) is 0. The molecule has 1 heterocycles. The van der Waals surface area contributed by atoms with Gasteiger partial charge < -0.3 is 0 Å². The molecule has 13 heavy (non-hydrogen) atoms. The summed E-state index contributed by atoms with van der Waals surface area (Å²) < 4.78 is 1.32. The van der Waals surface area contributed by atoms with Crippen molar-refractivity contribution >= 4 is 32.2 Å². The summed E-state index contributed by atoms with van der Waals surface area (Å²) in [6.07, 6.45) is 0. The summed E-state index contributed by atoms with van der Waals surface area (Å²) in [7, 11) is 0. The molecule has 0 N–H and O–H groups in total. The molecule has 3 aromatic rings. The lowest BCUT2D eigenvalue weighted by Crippen LogP contribution is -1.69. The van der Waals surface area contributed by atoms with Crippen LogP contribution in [0.3, 0.4) is 0 Å². The van der Waals surface area contributed by atoms with Gasteiger partial charge in [-0.05, 0) is 34.4 Å². The van der Waals surface area contributed by atoms with Gasteiger partial charge in [0.15, 0.2) is 0 Å². The van der Waals surface area contributed by atoms with E-state index in [0.29, 0.717) is 0 Å². The Hall–Kier alpha value is -1.34. The maximum atomic E-state index is 3.15. The van der Waals surface area contributed by atoms with E-state index in [2.05, 4.69) is 41.8 Å². The molecule has 0 aliphatic carbocycles. The molecule has 0 aliphatic rings. The minimum absolute atomic E-state index is 1.30. The maximum Gasteiger partial charge on any atom is 0.0455 e. The minimum Gasteiger partial charge on any atom is -0.134 e. The third-order valence-electron chi connectivity index (χ3n) is 2.26. The molecule has 61 valence electrons. The molecule has 0 bridgehead atoms. The molecule has 0 unspecified atom stereocenters. The van der Waals surface area contributed by atoms with Crippen LogP contribution < -0.4 is 0 Å². The highest BCUT2D eigenvalue weighted by atomic mass is 32.1. The van der Waals surface area contributed by atoms with Crippen LogP contribution in [0.1, 0.15) is 0 Å². The molecule has 0 saturated heterocycles. The highest BCUT2D eigenvalue weighted by molar-refractivity contribution is 7.16. The average molecular weight is 183 g/mol. The Morgan fingerprint density at radius 1 is 0.923 bits per heavy atom. The topological polar surface area (TPSA) is 0 Å². The van der Waals surface area contributed by atoms with Crippen LogP contribution in [0.15, 0.2) is 42.5 Å². The lowest BCUT2D eigenvalue weighted by molar-refractivity contribution is 1.81. The van der Waals surface area contributed by atoms with E-state index in [-0.39, 0.29) is 0 Å². The quantitative estimate of drug-likeness (QED) is 0.496. The highest BCUT2D eigenvalue weighted by Crippen LogP contribution is 2.25. The standard InChI is InChI=1S/C12H7S/c1-2-4-10-8-12-11(5-6-13-12)7-9(10)3-1/h1-5,7-8H. The van der Waals surface area contributed by atoms with Gasteiger partial charge in [-0.25, -0.2) is 0 Å². The first-order valence-electron chi connectivity index (χ1n) is 4.22. The number of thiophene rings is 1. The summed E-state index contributed by atoms with van der Waals surface area (Å²) in [5, 5.41) is 7.07. The number of fused-ring (bicyclic) bond motifs is 2.